The van der Waals surface area contributed by atoms with Crippen molar-refractivity contribution in [2.45, 2.75) is 18.9 Å². The monoisotopic (exact) mass is 220 g/mol. The van der Waals surface area contributed by atoms with Gasteiger partial charge in [0.2, 0.25) is 11.8 Å². The molecule has 0 bridgehead atoms. The Morgan fingerprint density at radius 2 is 2.31 bits per heavy atom. The molecule has 1 aromatic rings. The van der Waals surface area contributed by atoms with Gasteiger partial charge in [0, 0.05) is 6.04 Å². The van der Waals surface area contributed by atoms with Crippen molar-refractivity contribution in [3.63, 3.8) is 0 Å². The van der Waals surface area contributed by atoms with E-state index in [2.05, 4.69) is 15.3 Å². The van der Waals surface area contributed by atoms with Crippen LogP contribution in [-0.4, -0.2) is 35.6 Å². The van der Waals surface area contributed by atoms with Crippen molar-refractivity contribution in [2.75, 3.05) is 23.9 Å². The standard InChI is InChI=1S/C10H12N4O2/c1-16-10-8-9(11-5-12-10)14(6-2-3-6)4-7(15)13-8/h5-6H,2-4H2,1H3,(H,13,15). The van der Waals surface area contributed by atoms with Crippen LogP contribution in [0.15, 0.2) is 6.33 Å². The molecule has 2 aliphatic rings. The summed E-state index contributed by atoms with van der Waals surface area (Å²) in [5.41, 5.74) is 0.591. The average molecular weight is 220 g/mol. The summed E-state index contributed by atoms with van der Waals surface area (Å²) < 4.78 is 5.12. The van der Waals surface area contributed by atoms with Gasteiger partial charge in [0.25, 0.3) is 0 Å². The number of nitrogens with one attached hydrogen (secondary N) is 1. The summed E-state index contributed by atoms with van der Waals surface area (Å²) in [7, 11) is 1.53. The summed E-state index contributed by atoms with van der Waals surface area (Å²) in [6, 6.07) is 0.449. The van der Waals surface area contributed by atoms with Gasteiger partial charge in [-0.05, 0) is 12.8 Å². The zero-order valence-electron chi connectivity index (χ0n) is 8.93. The number of ether oxygens (including phenoxy) is 1. The molecule has 1 N–H and O–H groups in total. The maximum atomic E-state index is 11.6. The lowest BCUT2D eigenvalue weighted by molar-refractivity contribution is -0.115. The number of carbonyl (C=O) groups excluding carboxylic acids is 1. The average Bonchev–Trinajstić information content (AvgIpc) is 3.11. The summed E-state index contributed by atoms with van der Waals surface area (Å²) in [5, 5.41) is 2.76. The maximum Gasteiger partial charge on any atom is 0.244 e. The third-order valence-electron chi connectivity index (χ3n) is 2.82. The normalized spacial score (nSPS) is 19.1. The Morgan fingerprint density at radius 3 is 3.00 bits per heavy atom. The molecule has 6 heteroatoms. The first kappa shape index (κ1) is 9.38. The molecule has 1 amide bonds. The second-order valence-electron chi connectivity index (χ2n) is 3.99. The van der Waals surface area contributed by atoms with E-state index >= 15 is 0 Å². The van der Waals surface area contributed by atoms with Gasteiger partial charge in [-0.25, -0.2) is 4.98 Å². The number of amides is 1. The molecule has 1 saturated carbocycles. The highest BCUT2D eigenvalue weighted by Gasteiger charge is 2.36. The van der Waals surface area contributed by atoms with Crippen molar-refractivity contribution in [3.8, 4) is 5.88 Å². The number of fused-ring (bicyclic) bond motifs is 1. The van der Waals surface area contributed by atoms with Gasteiger partial charge in [-0.15, -0.1) is 0 Å². The number of anilines is 2. The number of carbonyl (C=O) groups is 1. The third-order valence-corrected chi connectivity index (χ3v) is 2.82. The van der Waals surface area contributed by atoms with E-state index < -0.39 is 0 Å². The molecule has 1 fully saturated rings. The van der Waals surface area contributed by atoms with Crippen molar-refractivity contribution in [1.82, 2.24) is 9.97 Å². The largest absolute Gasteiger partial charge is 0.479 e. The third kappa shape index (κ3) is 1.37. The minimum atomic E-state index is -0.0347. The Morgan fingerprint density at radius 1 is 1.50 bits per heavy atom. The lowest BCUT2D eigenvalue weighted by atomic mass is 10.3. The number of aromatic nitrogens is 2. The molecule has 0 spiro atoms. The van der Waals surface area contributed by atoms with E-state index in [0.717, 1.165) is 18.7 Å². The number of hydrogen-bond donors (Lipinski definition) is 1. The maximum absolute atomic E-state index is 11.6. The van der Waals surface area contributed by atoms with Crippen LogP contribution in [0.5, 0.6) is 5.88 Å². The Bertz CT molecular complexity index is 444. The second kappa shape index (κ2) is 3.33. The molecule has 0 saturated heterocycles. The first-order chi connectivity index (χ1) is 7.79. The number of hydrogen-bond acceptors (Lipinski definition) is 5. The zero-order valence-corrected chi connectivity index (χ0v) is 8.93. The SMILES string of the molecule is COc1ncnc2c1NC(=O)CN2C1CC1. The van der Waals surface area contributed by atoms with Crippen molar-refractivity contribution in [1.29, 1.82) is 0 Å². The molecule has 0 unspecified atom stereocenters. The molecule has 0 atom stereocenters. The molecule has 6 nitrogen and oxygen atoms in total. The van der Waals surface area contributed by atoms with Crippen LogP contribution >= 0.6 is 0 Å². The van der Waals surface area contributed by atoms with Crippen molar-refractivity contribution >= 4 is 17.4 Å². The van der Waals surface area contributed by atoms with Crippen LogP contribution in [0.3, 0.4) is 0 Å². The topological polar surface area (TPSA) is 67.4 Å². The molecule has 1 aliphatic heterocycles. The lowest BCUT2D eigenvalue weighted by Gasteiger charge is -2.29. The smallest absolute Gasteiger partial charge is 0.244 e. The van der Waals surface area contributed by atoms with E-state index in [0.29, 0.717) is 24.2 Å². The van der Waals surface area contributed by atoms with Crippen molar-refractivity contribution < 1.29 is 9.53 Å². The van der Waals surface area contributed by atoms with Crippen LogP contribution in [0.25, 0.3) is 0 Å². The molecule has 3 rings (SSSR count). The summed E-state index contributed by atoms with van der Waals surface area (Å²) in [5.74, 6) is 1.16. The Balaban J connectivity index is 2.07. The molecule has 84 valence electrons. The quantitative estimate of drug-likeness (QED) is 0.781. The molecule has 0 radical (unpaired) electrons. The van der Waals surface area contributed by atoms with Gasteiger partial charge < -0.3 is 15.0 Å². The molecular formula is C10H12N4O2. The van der Waals surface area contributed by atoms with Crippen LogP contribution < -0.4 is 15.0 Å². The van der Waals surface area contributed by atoms with Crippen LogP contribution in [0.2, 0.25) is 0 Å². The Kier molecular flexibility index (Phi) is 1.95. The minimum Gasteiger partial charge on any atom is -0.479 e. The van der Waals surface area contributed by atoms with Crippen LogP contribution in [0.1, 0.15) is 12.8 Å². The van der Waals surface area contributed by atoms with Gasteiger partial charge in [0.1, 0.15) is 12.0 Å². The van der Waals surface area contributed by atoms with E-state index in [9.17, 15) is 4.79 Å². The van der Waals surface area contributed by atoms with Gasteiger partial charge in [-0.1, -0.05) is 0 Å². The fourth-order valence-corrected chi connectivity index (χ4v) is 1.94. The summed E-state index contributed by atoms with van der Waals surface area (Å²) in [6.07, 6.45) is 3.71. The second-order valence-corrected chi connectivity index (χ2v) is 3.99. The fourth-order valence-electron chi connectivity index (χ4n) is 1.94. The van der Waals surface area contributed by atoms with E-state index in [4.69, 9.17) is 4.74 Å². The summed E-state index contributed by atoms with van der Waals surface area (Å²) in [4.78, 5) is 21.8. The van der Waals surface area contributed by atoms with Crippen molar-refractivity contribution in [3.05, 3.63) is 6.33 Å². The number of methoxy groups -OCH3 is 1. The van der Waals surface area contributed by atoms with E-state index in [-0.39, 0.29) is 5.91 Å². The van der Waals surface area contributed by atoms with E-state index in [1.54, 1.807) is 0 Å². The highest BCUT2D eigenvalue weighted by molar-refractivity contribution is 6.01. The molecule has 1 aliphatic carbocycles. The van der Waals surface area contributed by atoms with E-state index in [1.807, 2.05) is 4.90 Å². The fraction of sp³-hybridized carbons (Fsp3) is 0.500. The van der Waals surface area contributed by atoms with Gasteiger partial charge in [0.05, 0.1) is 13.7 Å². The molecule has 0 aromatic carbocycles. The molecule has 1 aromatic heterocycles. The molecular weight excluding hydrogens is 208 g/mol. The summed E-state index contributed by atoms with van der Waals surface area (Å²) >= 11 is 0. The highest BCUT2D eigenvalue weighted by atomic mass is 16.5. The van der Waals surface area contributed by atoms with Crippen LogP contribution in [0.4, 0.5) is 11.5 Å². The first-order valence-electron chi connectivity index (χ1n) is 5.25. The minimum absolute atomic E-state index is 0.0347. The van der Waals surface area contributed by atoms with Gasteiger partial charge in [-0.3, -0.25) is 4.79 Å². The van der Waals surface area contributed by atoms with Crippen LogP contribution in [0, 0.1) is 0 Å². The molecule has 2 heterocycles. The lowest BCUT2D eigenvalue weighted by Crippen LogP contribution is -2.40. The number of nitrogens with zero attached hydrogens (tertiary/aromatic N) is 3. The molecule has 16 heavy (non-hydrogen) atoms. The zero-order chi connectivity index (χ0) is 11.1. The van der Waals surface area contributed by atoms with Gasteiger partial charge in [-0.2, -0.15) is 4.98 Å². The predicted molar refractivity (Wildman–Crippen MR) is 57.6 cm³/mol. The highest BCUT2D eigenvalue weighted by Crippen LogP contribution is 2.39. The van der Waals surface area contributed by atoms with Gasteiger partial charge in [0.15, 0.2) is 5.82 Å². The van der Waals surface area contributed by atoms with E-state index in [1.165, 1.54) is 13.4 Å². The van der Waals surface area contributed by atoms with Crippen molar-refractivity contribution in [2.24, 2.45) is 0 Å². The predicted octanol–water partition coefficient (Wildman–Crippen LogP) is 0.406. The number of rotatable bonds is 2. The Hall–Kier alpha value is -1.85. The Labute approximate surface area is 92.6 Å². The first-order valence-corrected chi connectivity index (χ1v) is 5.25. The summed E-state index contributed by atoms with van der Waals surface area (Å²) in [6.45, 7) is 0.373. The van der Waals surface area contributed by atoms with Gasteiger partial charge >= 0.3 is 0 Å². The van der Waals surface area contributed by atoms with Crippen LogP contribution in [-0.2, 0) is 4.79 Å².